The van der Waals surface area contributed by atoms with Gasteiger partial charge in [-0.1, -0.05) is 6.08 Å². The molecule has 1 atom stereocenters. The van der Waals surface area contributed by atoms with Crippen LogP contribution in [0.15, 0.2) is 11.6 Å². The van der Waals surface area contributed by atoms with E-state index in [9.17, 15) is 19.2 Å². The standard InChI is InChI=1S/C12H10O6/c13-8-4-12(5-9(14)17-8)2-1-6-7(3-12)11(16)18-10(6)15/h3,6H,1-2,4-5H2. The van der Waals surface area contributed by atoms with E-state index in [2.05, 4.69) is 9.47 Å². The number of carbonyl (C=O) groups excluding carboxylic acids is 4. The maximum absolute atomic E-state index is 11.5. The molecule has 0 aromatic heterocycles. The van der Waals surface area contributed by atoms with Crippen LogP contribution >= 0.6 is 0 Å². The molecule has 0 amide bonds. The second-order valence-electron chi connectivity index (χ2n) is 4.96. The van der Waals surface area contributed by atoms with E-state index in [1.165, 1.54) is 0 Å². The minimum atomic E-state index is -0.679. The molecule has 18 heavy (non-hydrogen) atoms. The van der Waals surface area contributed by atoms with Crippen LogP contribution in [0.25, 0.3) is 0 Å². The van der Waals surface area contributed by atoms with Gasteiger partial charge in [0.2, 0.25) is 0 Å². The van der Waals surface area contributed by atoms with Gasteiger partial charge in [0, 0.05) is 11.0 Å². The van der Waals surface area contributed by atoms with E-state index in [-0.39, 0.29) is 18.4 Å². The summed E-state index contributed by atoms with van der Waals surface area (Å²) < 4.78 is 9.03. The first-order valence-corrected chi connectivity index (χ1v) is 5.71. The van der Waals surface area contributed by atoms with Gasteiger partial charge in [0.05, 0.1) is 18.8 Å². The van der Waals surface area contributed by atoms with Crippen molar-refractivity contribution in [3.8, 4) is 0 Å². The fraction of sp³-hybridized carbons (Fsp3) is 0.500. The van der Waals surface area contributed by atoms with Crippen LogP contribution in [0.5, 0.6) is 0 Å². The third-order valence-electron chi connectivity index (χ3n) is 3.70. The highest BCUT2D eigenvalue weighted by molar-refractivity contribution is 6.08. The maximum Gasteiger partial charge on any atom is 0.342 e. The highest BCUT2D eigenvalue weighted by Gasteiger charge is 2.49. The molecule has 2 saturated heterocycles. The molecule has 0 aromatic carbocycles. The number of hydrogen-bond donors (Lipinski definition) is 0. The Bertz CT molecular complexity index is 499. The highest BCUT2D eigenvalue weighted by atomic mass is 16.6. The topological polar surface area (TPSA) is 86.7 Å². The Morgan fingerprint density at radius 1 is 1.06 bits per heavy atom. The summed E-state index contributed by atoms with van der Waals surface area (Å²) in [6, 6.07) is 0. The van der Waals surface area contributed by atoms with Crippen LogP contribution in [0.1, 0.15) is 25.7 Å². The number of ether oxygens (including phenoxy) is 2. The van der Waals surface area contributed by atoms with Gasteiger partial charge in [0.15, 0.2) is 0 Å². The summed E-state index contributed by atoms with van der Waals surface area (Å²) in [6.45, 7) is 0. The summed E-state index contributed by atoms with van der Waals surface area (Å²) in [7, 11) is 0. The summed E-state index contributed by atoms with van der Waals surface area (Å²) in [6.07, 6.45) is 2.64. The average Bonchev–Trinajstić information content (AvgIpc) is 2.52. The van der Waals surface area contributed by atoms with Crippen molar-refractivity contribution in [2.24, 2.45) is 11.3 Å². The lowest BCUT2D eigenvalue weighted by molar-refractivity contribution is -0.168. The molecular weight excluding hydrogens is 240 g/mol. The largest absolute Gasteiger partial charge is 0.393 e. The molecule has 0 N–H and O–H groups in total. The van der Waals surface area contributed by atoms with Crippen molar-refractivity contribution in [3.63, 3.8) is 0 Å². The van der Waals surface area contributed by atoms with Gasteiger partial charge in [0.1, 0.15) is 0 Å². The second-order valence-corrected chi connectivity index (χ2v) is 4.96. The molecule has 3 aliphatic rings. The number of rotatable bonds is 0. The van der Waals surface area contributed by atoms with E-state index in [4.69, 9.17) is 0 Å². The molecule has 0 aromatic rings. The lowest BCUT2D eigenvalue weighted by Gasteiger charge is -2.35. The zero-order valence-electron chi connectivity index (χ0n) is 9.43. The van der Waals surface area contributed by atoms with Crippen LogP contribution in [-0.4, -0.2) is 23.9 Å². The van der Waals surface area contributed by atoms with Gasteiger partial charge in [-0.3, -0.25) is 14.4 Å². The smallest absolute Gasteiger partial charge is 0.342 e. The summed E-state index contributed by atoms with van der Waals surface area (Å²) in [5.41, 5.74) is -0.393. The van der Waals surface area contributed by atoms with Crippen molar-refractivity contribution in [1.29, 1.82) is 0 Å². The van der Waals surface area contributed by atoms with Crippen LogP contribution in [-0.2, 0) is 28.7 Å². The minimum absolute atomic E-state index is 0.0659. The molecule has 6 heteroatoms. The molecule has 2 aliphatic heterocycles. The van der Waals surface area contributed by atoms with E-state index in [0.717, 1.165) is 0 Å². The fourth-order valence-electron chi connectivity index (χ4n) is 2.87. The van der Waals surface area contributed by atoms with Crippen molar-refractivity contribution in [2.75, 3.05) is 0 Å². The fourth-order valence-corrected chi connectivity index (χ4v) is 2.87. The summed E-state index contributed by atoms with van der Waals surface area (Å²) in [5, 5.41) is 0. The van der Waals surface area contributed by atoms with Gasteiger partial charge < -0.3 is 9.47 Å². The Morgan fingerprint density at radius 3 is 2.39 bits per heavy atom. The number of cyclic esters (lactones) is 4. The Hall–Kier alpha value is -1.98. The first kappa shape index (κ1) is 11.1. The SMILES string of the molecule is O=C1CC2(C=C3C(=O)OC(=O)C3CC2)CC(=O)O1. The predicted octanol–water partition coefficient (Wildman–Crippen LogP) is 0.256. The maximum atomic E-state index is 11.5. The van der Waals surface area contributed by atoms with Crippen molar-refractivity contribution in [3.05, 3.63) is 11.6 Å². The van der Waals surface area contributed by atoms with Gasteiger partial charge in [-0.15, -0.1) is 0 Å². The molecular formula is C12H10O6. The van der Waals surface area contributed by atoms with E-state index in [1.807, 2.05) is 0 Å². The minimum Gasteiger partial charge on any atom is -0.393 e. The van der Waals surface area contributed by atoms with Crippen LogP contribution in [0.4, 0.5) is 0 Å². The molecule has 94 valence electrons. The molecule has 2 heterocycles. The molecule has 0 saturated carbocycles. The van der Waals surface area contributed by atoms with Gasteiger partial charge in [0.25, 0.3) is 0 Å². The zero-order valence-corrected chi connectivity index (χ0v) is 9.43. The van der Waals surface area contributed by atoms with E-state index in [0.29, 0.717) is 12.8 Å². The Morgan fingerprint density at radius 2 is 1.72 bits per heavy atom. The van der Waals surface area contributed by atoms with Gasteiger partial charge in [-0.2, -0.15) is 0 Å². The first-order valence-electron chi connectivity index (χ1n) is 5.71. The first-order chi connectivity index (χ1) is 8.49. The molecule has 0 bridgehead atoms. The zero-order chi connectivity index (χ0) is 12.9. The third-order valence-corrected chi connectivity index (χ3v) is 3.70. The van der Waals surface area contributed by atoms with Crippen molar-refractivity contribution in [2.45, 2.75) is 25.7 Å². The number of fused-ring (bicyclic) bond motifs is 1. The molecule has 1 spiro atoms. The van der Waals surface area contributed by atoms with Gasteiger partial charge in [-0.25, -0.2) is 4.79 Å². The third kappa shape index (κ3) is 1.56. The van der Waals surface area contributed by atoms with E-state index >= 15 is 0 Å². The van der Waals surface area contributed by atoms with E-state index in [1.54, 1.807) is 6.08 Å². The Labute approximate surface area is 102 Å². The lowest BCUT2D eigenvalue weighted by atomic mass is 9.68. The van der Waals surface area contributed by atoms with E-state index < -0.39 is 35.2 Å². The van der Waals surface area contributed by atoms with Crippen LogP contribution in [0, 0.1) is 11.3 Å². The molecule has 0 radical (unpaired) electrons. The summed E-state index contributed by atoms with van der Waals surface area (Å²) >= 11 is 0. The van der Waals surface area contributed by atoms with Crippen molar-refractivity contribution >= 4 is 23.9 Å². The van der Waals surface area contributed by atoms with Crippen molar-refractivity contribution < 1.29 is 28.7 Å². The average molecular weight is 250 g/mol. The quantitative estimate of drug-likeness (QED) is 0.452. The molecule has 1 unspecified atom stereocenters. The number of esters is 4. The van der Waals surface area contributed by atoms with Gasteiger partial charge >= 0.3 is 23.9 Å². The molecule has 1 aliphatic carbocycles. The van der Waals surface area contributed by atoms with Gasteiger partial charge in [-0.05, 0) is 12.8 Å². The molecule has 2 fully saturated rings. The van der Waals surface area contributed by atoms with Crippen LogP contribution in [0.3, 0.4) is 0 Å². The number of carbonyl (C=O) groups is 4. The number of hydrogen-bond acceptors (Lipinski definition) is 6. The van der Waals surface area contributed by atoms with Crippen LogP contribution in [0.2, 0.25) is 0 Å². The number of allylic oxidation sites excluding steroid dienone is 1. The lowest BCUT2D eigenvalue weighted by Crippen LogP contribution is -2.37. The molecule has 3 rings (SSSR count). The predicted molar refractivity (Wildman–Crippen MR) is 54.7 cm³/mol. The van der Waals surface area contributed by atoms with Crippen LogP contribution < -0.4 is 0 Å². The van der Waals surface area contributed by atoms with Crippen molar-refractivity contribution in [1.82, 2.24) is 0 Å². The Balaban J connectivity index is 1.98. The highest BCUT2D eigenvalue weighted by Crippen LogP contribution is 2.46. The summed E-state index contributed by atoms with van der Waals surface area (Å²) in [5.74, 6) is -2.89. The Kier molecular flexibility index (Phi) is 2.17. The second kappa shape index (κ2) is 3.51. The monoisotopic (exact) mass is 250 g/mol. The normalized spacial score (nSPS) is 29.8. The summed E-state index contributed by atoms with van der Waals surface area (Å²) in [4.78, 5) is 45.5. The molecule has 6 nitrogen and oxygen atoms in total.